The molecule has 1 atom stereocenters. The van der Waals surface area contributed by atoms with Gasteiger partial charge in [0, 0.05) is 16.5 Å². The Hall–Kier alpha value is -2.69. The topological polar surface area (TPSA) is 74.7 Å². The third-order valence-electron chi connectivity index (χ3n) is 4.12. The second kappa shape index (κ2) is 4.91. The van der Waals surface area contributed by atoms with Gasteiger partial charge in [0.15, 0.2) is 0 Å². The summed E-state index contributed by atoms with van der Waals surface area (Å²) in [5, 5.41) is 11.0. The molecule has 5 nitrogen and oxygen atoms in total. The maximum atomic E-state index is 12.8. The van der Waals surface area contributed by atoms with E-state index >= 15 is 0 Å². The number of amides is 2. The molecule has 118 valence electrons. The molecule has 3 rings (SSSR count). The predicted octanol–water partition coefficient (Wildman–Crippen LogP) is 2.94. The minimum absolute atomic E-state index is 0.369. The molecule has 2 aromatic carbocycles. The van der Waals surface area contributed by atoms with Gasteiger partial charge in [-0.05, 0) is 22.9 Å². The fourth-order valence-electron chi connectivity index (χ4n) is 3.15. The Kier molecular flexibility index (Phi) is 3.25. The SMILES string of the molecule is CC(C)(C)C(C(=O)O)N1C(=O)c2cccc3cccc(c23)C1=O. The Labute approximate surface area is 133 Å². The molecule has 2 aromatic rings. The highest BCUT2D eigenvalue weighted by molar-refractivity contribution is 6.26. The minimum Gasteiger partial charge on any atom is -0.480 e. The molecule has 1 N–H and O–H groups in total. The monoisotopic (exact) mass is 311 g/mol. The van der Waals surface area contributed by atoms with Crippen LogP contribution in [0.4, 0.5) is 0 Å². The molecule has 23 heavy (non-hydrogen) atoms. The zero-order chi connectivity index (χ0) is 16.9. The van der Waals surface area contributed by atoms with E-state index in [1.54, 1.807) is 45.0 Å². The van der Waals surface area contributed by atoms with E-state index in [1.807, 2.05) is 12.1 Å². The first-order chi connectivity index (χ1) is 10.7. The molecule has 1 aliphatic heterocycles. The quantitative estimate of drug-likeness (QED) is 0.865. The number of carboxylic acids is 1. The molecule has 1 aliphatic rings. The molecule has 0 aliphatic carbocycles. The van der Waals surface area contributed by atoms with Crippen LogP contribution in [0, 0.1) is 5.41 Å². The number of aliphatic carboxylic acids is 1. The predicted molar refractivity (Wildman–Crippen MR) is 85.3 cm³/mol. The average Bonchev–Trinajstić information content (AvgIpc) is 2.47. The summed E-state index contributed by atoms with van der Waals surface area (Å²) < 4.78 is 0. The number of carbonyl (C=O) groups excluding carboxylic acids is 2. The third-order valence-corrected chi connectivity index (χ3v) is 4.12. The van der Waals surface area contributed by atoms with Crippen molar-refractivity contribution in [2.45, 2.75) is 26.8 Å². The van der Waals surface area contributed by atoms with E-state index in [-0.39, 0.29) is 0 Å². The summed E-state index contributed by atoms with van der Waals surface area (Å²) in [6.45, 7) is 5.11. The average molecular weight is 311 g/mol. The van der Waals surface area contributed by atoms with Crippen LogP contribution in [0.3, 0.4) is 0 Å². The number of carbonyl (C=O) groups is 3. The van der Waals surface area contributed by atoms with Crippen molar-refractivity contribution >= 4 is 28.6 Å². The molecule has 5 heteroatoms. The van der Waals surface area contributed by atoms with Gasteiger partial charge >= 0.3 is 5.97 Å². The Morgan fingerprint density at radius 1 is 1.00 bits per heavy atom. The summed E-state index contributed by atoms with van der Waals surface area (Å²) in [5.41, 5.74) is -0.0430. The van der Waals surface area contributed by atoms with E-state index in [9.17, 15) is 19.5 Å². The van der Waals surface area contributed by atoms with Gasteiger partial charge in [-0.15, -0.1) is 0 Å². The third kappa shape index (κ3) is 2.20. The van der Waals surface area contributed by atoms with Crippen molar-refractivity contribution < 1.29 is 19.5 Å². The van der Waals surface area contributed by atoms with Crippen molar-refractivity contribution in [2.24, 2.45) is 5.41 Å². The van der Waals surface area contributed by atoms with Crippen LogP contribution in [-0.4, -0.2) is 33.8 Å². The van der Waals surface area contributed by atoms with Crippen LogP contribution in [0.2, 0.25) is 0 Å². The van der Waals surface area contributed by atoms with Gasteiger partial charge in [0.1, 0.15) is 6.04 Å². The van der Waals surface area contributed by atoms with Crippen molar-refractivity contribution in [3.05, 3.63) is 47.5 Å². The molecule has 1 heterocycles. The highest BCUT2D eigenvalue weighted by Gasteiger charge is 2.45. The van der Waals surface area contributed by atoms with E-state index in [1.165, 1.54) is 0 Å². The van der Waals surface area contributed by atoms with Crippen molar-refractivity contribution in [1.82, 2.24) is 4.90 Å². The van der Waals surface area contributed by atoms with E-state index in [4.69, 9.17) is 0 Å². The second-order valence-electron chi connectivity index (χ2n) is 6.80. The fourth-order valence-corrected chi connectivity index (χ4v) is 3.15. The highest BCUT2D eigenvalue weighted by atomic mass is 16.4. The van der Waals surface area contributed by atoms with Gasteiger partial charge in [-0.1, -0.05) is 45.0 Å². The largest absolute Gasteiger partial charge is 0.480 e. The van der Waals surface area contributed by atoms with E-state index in [0.717, 1.165) is 10.3 Å². The highest BCUT2D eigenvalue weighted by Crippen LogP contribution is 2.34. The normalized spacial score (nSPS) is 15.9. The van der Waals surface area contributed by atoms with E-state index in [0.29, 0.717) is 16.5 Å². The molecule has 0 fully saturated rings. The van der Waals surface area contributed by atoms with Gasteiger partial charge < -0.3 is 5.11 Å². The van der Waals surface area contributed by atoms with Crippen molar-refractivity contribution in [3.63, 3.8) is 0 Å². The first-order valence-electron chi connectivity index (χ1n) is 7.36. The minimum atomic E-state index is -1.23. The molecule has 0 saturated carbocycles. The molecule has 2 amide bonds. The van der Waals surface area contributed by atoms with Gasteiger partial charge in [-0.3, -0.25) is 14.5 Å². The molecule has 0 spiro atoms. The second-order valence-corrected chi connectivity index (χ2v) is 6.80. The van der Waals surface area contributed by atoms with Crippen LogP contribution in [0.1, 0.15) is 41.5 Å². The van der Waals surface area contributed by atoms with Crippen LogP contribution >= 0.6 is 0 Å². The Bertz CT molecular complexity index is 797. The summed E-state index contributed by atoms with van der Waals surface area (Å²) in [7, 11) is 0. The zero-order valence-corrected chi connectivity index (χ0v) is 13.2. The number of benzene rings is 2. The van der Waals surface area contributed by atoms with Crippen LogP contribution in [0.5, 0.6) is 0 Å². The lowest BCUT2D eigenvalue weighted by Gasteiger charge is -2.38. The Morgan fingerprint density at radius 2 is 1.48 bits per heavy atom. The lowest BCUT2D eigenvalue weighted by Crippen LogP contribution is -2.55. The summed E-state index contributed by atoms with van der Waals surface area (Å²) >= 11 is 0. The maximum absolute atomic E-state index is 12.8. The summed E-state index contributed by atoms with van der Waals surface area (Å²) in [4.78, 5) is 38.3. The van der Waals surface area contributed by atoms with Gasteiger partial charge in [0.05, 0.1) is 0 Å². The van der Waals surface area contributed by atoms with Crippen molar-refractivity contribution in [1.29, 1.82) is 0 Å². The summed E-state index contributed by atoms with van der Waals surface area (Å²) in [6, 6.07) is 9.17. The van der Waals surface area contributed by atoms with Gasteiger partial charge in [-0.2, -0.15) is 0 Å². The number of imide groups is 1. The van der Waals surface area contributed by atoms with Gasteiger partial charge in [-0.25, -0.2) is 4.79 Å². The number of rotatable bonds is 2. The number of hydrogen-bond donors (Lipinski definition) is 1. The zero-order valence-electron chi connectivity index (χ0n) is 13.2. The molecule has 0 bridgehead atoms. The fraction of sp³-hybridized carbons (Fsp3) is 0.278. The van der Waals surface area contributed by atoms with Crippen LogP contribution in [-0.2, 0) is 4.79 Å². The van der Waals surface area contributed by atoms with Gasteiger partial charge in [0.25, 0.3) is 11.8 Å². The van der Waals surface area contributed by atoms with Crippen LogP contribution < -0.4 is 0 Å². The maximum Gasteiger partial charge on any atom is 0.327 e. The number of carboxylic acid groups (broad SMARTS) is 1. The molecule has 1 unspecified atom stereocenters. The molecular weight excluding hydrogens is 294 g/mol. The summed E-state index contributed by atoms with van der Waals surface area (Å²) in [5.74, 6) is -2.30. The molecule has 0 radical (unpaired) electrons. The Morgan fingerprint density at radius 3 is 1.87 bits per heavy atom. The first kappa shape index (κ1) is 15.2. The molecule has 0 saturated heterocycles. The first-order valence-corrected chi connectivity index (χ1v) is 7.36. The standard InChI is InChI=1S/C18H17NO4/c1-18(2,3)14(17(22)23)19-15(20)11-8-4-6-10-7-5-9-12(13(10)11)16(19)21/h4-9,14H,1-3H3,(H,22,23). The van der Waals surface area contributed by atoms with Crippen molar-refractivity contribution in [3.8, 4) is 0 Å². The van der Waals surface area contributed by atoms with Crippen LogP contribution in [0.25, 0.3) is 10.8 Å². The number of hydrogen-bond acceptors (Lipinski definition) is 3. The van der Waals surface area contributed by atoms with Crippen LogP contribution in [0.15, 0.2) is 36.4 Å². The number of nitrogens with zero attached hydrogens (tertiary/aromatic N) is 1. The lowest BCUT2D eigenvalue weighted by atomic mass is 9.83. The lowest BCUT2D eigenvalue weighted by molar-refractivity contribution is -0.145. The summed E-state index contributed by atoms with van der Waals surface area (Å²) in [6.07, 6.45) is 0. The van der Waals surface area contributed by atoms with E-state index in [2.05, 4.69) is 0 Å². The van der Waals surface area contributed by atoms with E-state index < -0.39 is 29.2 Å². The van der Waals surface area contributed by atoms with Crippen molar-refractivity contribution in [2.75, 3.05) is 0 Å². The molecular formula is C18H17NO4. The van der Waals surface area contributed by atoms with Gasteiger partial charge in [0.2, 0.25) is 0 Å². The molecule has 0 aromatic heterocycles. The Balaban J connectivity index is 2.27. The smallest absolute Gasteiger partial charge is 0.327 e.